The van der Waals surface area contributed by atoms with Crippen LogP contribution in [-0.4, -0.2) is 42.1 Å². The molecule has 1 saturated carbocycles. The van der Waals surface area contributed by atoms with E-state index >= 15 is 0 Å². The van der Waals surface area contributed by atoms with Crippen molar-refractivity contribution >= 4 is 11.8 Å². The quantitative estimate of drug-likeness (QED) is 0.0320. The summed E-state index contributed by atoms with van der Waals surface area (Å²) in [5.74, 6) is -3.89. The number of ketones is 1. The Morgan fingerprint density at radius 2 is 1.35 bits per heavy atom. The van der Waals surface area contributed by atoms with E-state index in [9.17, 15) is 23.5 Å². The summed E-state index contributed by atoms with van der Waals surface area (Å²) in [6.07, 6.45) is 35.0. The van der Waals surface area contributed by atoms with Crippen molar-refractivity contribution in [3.8, 4) is 5.75 Å². The van der Waals surface area contributed by atoms with Gasteiger partial charge in [0.1, 0.15) is 5.75 Å². The lowest BCUT2D eigenvalue weighted by molar-refractivity contribution is -0.143. The van der Waals surface area contributed by atoms with Crippen LogP contribution in [0.1, 0.15) is 174 Å². The Bertz CT molecular complexity index is 1290. The third-order valence-corrected chi connectivity index (χ3v) is 11.2. The molecule has 0 spiro atoms. The number of hydrogen-bond donors (Lipinski definition) is 1. The molecule has 1 fully saturated rings. The number of benzene rings is 1. The molecule has 1 N–H and O–H groups in total. The largest absolute Gasteiger partial charge is 0.487 e. The molecule has 0 aliphatic heterocycles. The summed E-state index contributed by atoms with van der Waals surface area (Å²) in [4.78, 5) is 25.6. The number of allylic oxidation sites excluding steroid dienone is 5. The van der Waals surface area contributed by atoms with Crippen LogP contribution in [0.2, 0.25) is 0 Å². The van der Waals surface area contributed by atoms with Gasteiger partial charge in [-0.25, -0.2) is 0 Å². The summed E-state index contributed by atoms with van der Waals surface area (Å²) < 4.78 is 40.6. The zero-order chi connectivity index (χ0) is 41.4. The summed E-state index contributed by atoms with van der Waals surface area (Å²) in [5.41, 5.74) is 0.618. The second-order valence-electron chi connectivity index (χ2n) is 16.3. The predicted octanol–water partition coefficient (Wildman–Crippen LogP) is 14.1. The average Bonchev–Trinajstić information content (AvgIpc) is 3.50. The Morgan fingerprint density at radius 1 is 0.772 bits per heavy atom. The van der Waals surface area contributed by atoms with Crippen LogP contribution >= 0.6 is 0 Å². The van der Waals surface area contributed by atoms with E-state index < -0.39 is 24.6 Å². The lowest BCUT2D eigenvalue weighted by atomic mass is 9.82. The molecular weight excluding hydrogens is 719 g/mol. The molecule has 0 radical (unpaired) electrons. The van der Waals surface area contributed by atoms with Gasteiger partial charge in [0.15, 0.2) is 12.4 Å². The van der Waals surface area contributed by atoms with Crippen LogP contribution < -0.4 is 4.74 Å². The highest BCUT2D eigenvalue weighted by atomic mass is 19.3. The van der Waals surface area contributed by atoms with Gasteiger partial charge in [-0.1, -0.05) is 146 Å². The molecule has 0 aromatic heterocycles. The highest BCUT2D eigenvalue weighted by Crippen LogP contribution is 2.43. The lowest BCUT2D eigenvalue weighted by Gasteiger charge is -2.23. The minimum atomic E-state index is -3.23. The number of Topliss-reactive ketones (excluding diaryl/α,β-unsaturated/α-hetero) is 1. The van der Waals surface area contributed by atoms with E-state index in [1.807, 2.05) is 12.2 Å². The minimum absolute atomic E-state index is 0.00575. The summed E-state index contributed by atoms with van der Waals surface area (Å²) in [6.45, 7) is 8.18. The van der Waals surface area contributed by atoms with E-state index in [1.165, 1.54) is 89.5 Å². The fraction of sp³-hybridized carbons (Fsp3) is 0.680. The highest BCUT2D eigenvalue weighted by molar-refractivity contribution is 5.94. The number of hydrogen-bond acceptors (Lipinski definition) is 5. The van der Waals surface area contributed by atoms with Crippen molar-refractivity contribution in [2.24, 2.45) is 17.8 Å². The van der Waals surface area contributed by atoms with Crippen LogP contribution in [0, 0.1) is 17.8 Å². The van der Waals surface area contributed by atoms with Crippen LogP contribution in [0.3, 0.4) is 0 Å². The maximum atomic E-state index is 14.9. The molecule has 57 heavy (non-hydrogen) atoms. The normalized spacial score (nSPS) is 18.6. The maximum absolute atomic E-state index is 14.9. The maximum Gasteiger partial charge on any atom is 0.305 e. The topological polar surface area (TPSA) is 72.8 Å². The first kappa shape index (κ1) is 50.1. The third kappa shape index (κ3) is 24.5. The summed E-state index contributed by atoms with van der Waals surface area (Å²) >= 11 is 0. The van der Waals surface area contributed by atoms with Crippen LogP contribution in [0.15, 0.2) is 78.9 Å². The number of aliphatic hydroxyl groups is 1. The van der Waals surface area contributed by atoms with Crippen molar-refractivity contribution in [2.75, 3.05) is 13.2 Å². The molecule has 0 amide bonds. The molecule has 1 aliphatic carbocycles. The molecule has 5 nitrogen and oxygen atoms in total. The van der Waals surface area contributed by atoms with Crippen molar-refractivity contribution in [3.63, 3.8) is 0 Å². The lowest BCUT2D eigenvalue weighted by Crippen LogP contribution is -2.25. The van der Waals surface area contributed by atoms with Gasteiger partial charge in [0, 0.05) is 18.8 Å². The van der Waals surface area contributed by atoms with E-state index in [0.29, 0.717) is 56.5 Å². The van der Waals surface area contributed by atoms with Gasteiger partial charge < -0.3 is 14.6 Å². The summed E-state index contributed by atoms with van der Waals surface area (Å²) in [5, 5.41) is 11.1. The van der Waals surface area contributed by atoms with E-state index in [-0.39, 0.29) is 30.0 Å². The number of esters is 1. The van der Waals surface area contributed by atoms with Gasteiger partial charge in [-0.3, -0.25) is 9.59 Å². The van der Waals surface area contributed by atoms with Gasteiger partial charge >= 0.3 is 5.97 Å². The fourth-order valence-electron chi connectivity index (χ4n) is 7.72. The standard InChI is InChI=1S/C50H78F2O5/c1-4-6-8-10-12-13-14-15-16-17-18-19-23-30-38-56-49(55)35-29-22-21-28-34-45-43(39-47(53)42(3)31-25-20-11-9-7-5-2)40-48(54)46(45)36-37-50(51,52)41-57-44-32-26-24-27-33-44/h13-14,21,24,26-28,32-33,36-37,43,45-46,48,54H,3-12,15-20,22-23,25,29-31,34-35,38-41H2,1-2H3/b14-13+,28-21-,37-36+/t43?,45-,46+,48+/m0/s1. The van der Waals surface area contributed by atoms with Gasteiger partial charge in [-0.15, -0.1) is 0 Å². The van der Waals surface area contributed by atoms with Crippen molar-refractivity contribution in [3.05, 3.63) is 78.9 Å². The van der Waals surface area contributed by atoms with Gasteiger partial charge in [0.2, 0.25) is 0 Å². The Labute approximate surface area is 345 Å². The number of alkyl halides is 2. The van der Waals surface area contributed by atoms with E-state index in [0.717, 1.165) is 38.2 Å². The highest BCUT2D eigenvalue weighted by Gasteiger charge is 2.42. The number of carbonyl (C=O) groups is 2. The molecule has 4 atom stereocenters. The Balaban J connectivity index is 1.77. The zero-order valence-corrected chi connectivity index (χ0v) is 35.8. The molecule has 1 aromatic carbocycles. The SMILES string of the molecule is C=C(CCCCCCCC)C(=O)CC1C[C@@H](O)[C@H](/C=C/C(F)(F)COc2ccccc2)[C@H]1C/C=C\CCCC(=O)OCCCCCCCC/C=C/CCCCCC. The molecule has 2 rings (SSSR count). The second kappa shape index (κ2) is 31.9. The van der Waals surface area contributed by atoms with Crippen LogP contribution in [0.4, 0.5) is 8.78 Å². The Kier molecular flexibility index (Phi) is 28.0. The molecule has 0 heterocycles. The fourth-order valence-corrected chi connectivity index (χ4v) is 7.72. The molecule has 1 aliphatic rings. The first-order valence-electron chi connectivity index (χ1n) is 22.8. The van der Waals surface area contributed by atoms with Gasteiger partial charge in [-0.2, -0.15) is 8.78 Å². The second-order valence-corrected chi connectivity index (χ2v) is 16.3. The van der Waals surface area contributed by atoms with Crippen molar-refractivity contribution in [1.29, 1.82) is 0 Å². The summed E-state index contributed by atoms with van der Waals surface area (Å²) in [6, 6.07) is 8.52. The van der Waals surface area contributed by atoms with Crippen LogP contribution in [0.25, 0.3) is 0 Å². The number of rotatable bonds is 35. The molecule has 7 heteroatoms. The van der Waals surface area contributed by atoms with Crippen molar-refractivity contribution in [1.82, 2.24) is 0 Å². The molecule has 1 aromatic rings. The van der Waals surface area contributed by atoms with Crippen LogP contribution in [-0.2, 0) is 14.3 Å². The minimum Gasteiger partial charge on any atom is -0.487 e. The molecule has 0 bridgehead atoms. The predicted molar refractivity (Wildman–Crippen MR) is 233 cm³/mol. The number of unbranched alkanes of at least 4 members (excludes halogenated alkanes) is 16. The number of halogens is 2. The van der Waals surface area contributed by atoms with E-state index in [2.05, 4.69) is 32.6 Å². The monoisotopic (exact) mass is 797 g/mol. The van der Waals surface area contributed by atoms with Crippen molar-refractivity contribution < 1.29 is 33.0 Å². The average molecular weight is 797 g/mol. The number of para-hydroxylation sites is 1. The molecule has 1 unspecified atom stereocenters. The first-order chi connectivity index (χ1) is 27.7. The van der Waals surface area contributed by atoms with E-state index in [1.54, 1.807) is 30.3 Å². The molecule has 0 saturated heterocycles. The van der Waals surface area contributed by atoms with E-state index in [4.69, 9.17) is 9.47 Å². The van der Waals surface area contributed by atoms with Crippen molar-refractivity contribution in [2.45, 2.75) is 186 Å². The Morgan fingerprint density at radius 3 is 2.04 bits per heavy atom. The van der Waals surface area contributed by atoms with Gasteiger partial charge in [-0.05, 0) is 106 Å². The van der Waals surface area contributed by atoms with Gasteiger partial charge in [0.25, 0.3) is 5.92 Å². The number of ether oxygens (including phenoxy) is 2. The summed E-state index contributed by atoms with van der Waals surface area (Å²) in [7, 11) is 0. The number of carbonyl (C=O) groups excluding carboxylic acids is 2. The smallest absolute Gasteiger partial charge is 0.305 e. The van der Waals surface area contributed by atoms with Crippen LogP contribution in [0.5, 0.6) is 5.75 Å². The first-order valence-corrected chi connectivity index (χ1v) is 22.8. The molecular formula is C50H78F2O5. The third-order valence-electron chi connectivity index (χ3n) is 11.2. The number of aliphatic hydroxyl groups excluding tert-OH is 1. The zero-order valence-electron chi connectivity index (χ0n) is 35.8. The molecule has 322 valence electrons. The van der Waals surface area contributed by atoms with Gasteiger partial charge in [0.05, 0.1) is 12.7 Å². The Hall–Kier alpha value is -3.06.